The van der Waals surface area contributed by atoms with Crippen molar-refractivity contribution in [2.45, 2.75) is 6.92 Å². The van der Waals surface area contributed by atoms with Crippen LogP contribution in [-0.2, 0) is 4.79 Å². The summed E-state index contributed by atoms with van der Waals surface area (Å²) in [7, 11) is 0. The van der Waals surface area contributed by atoms with Crippen LogP contribution in [0.4, 0.5) is 5.69 Å². The van der Waals surface area contributed by atoms with Gasteiger partial charge in [-0.3, -0.25) is 9.59 Å². The van der Waals surface area contributed by atoms with Crippen LogP contribution >= 0.6 is 0 Å². The number of nitrogens with zero attached hydrogens (tertiary/aromatic N) is 2. The zero-order chi connectivity index (χ0) is 18.4. The molecule has 0 saturated heterocycles. The number of para-hydroxylation sites is 1. The molecule has 0 aliphatic heterocycles. The smallest absolute Gasteiger partial charge is 0.273 e. The van der Waals surface area contributed by atoms with Gasteiger partial charge in [0.1, 0.15) is 0 Å². The summed E-state index contributed by atoms with van der Waals surface area (Å²) in [6.07, 6.45) is 5.31. The zero-order valence-electron chi connectivity index (χ0n) is 14.2. The largest absolute Gasteiger partial charge is 0.326 e. The summed E-state index contributed by atoms with van der Waals surface area (Å²) in [6, 6.07) is 18.3. The average Bonchev–Trinajstić information content (AvgIpc) is 3.17. The van der Waals surface area contributed by atoms with Gasteiger partial charge < -0.3 is 9.88 Å². The number of carbonyl (C=O) groups is 2. The van der Waals surface area contributed by atoms with Crippen molar-refractivity contribution >= 4 is 23.7 Å². The highest BCUT2D eigenvalue weighted by Gasteiger charge is 2.10. The van der Waals surface area contributed by atoms with E-state index < -0.39 is 0 Å². The Kier molecular flexibility index (Phi) is 5.24. The predicted octanol–water partition coefficient (Wildman–Crippen LogP) is 3.20. The molecule has 2 N–H and O–H groups in total. The third-order valence-electron chi connectivity index (χ3n) is 3.64. The van der Waals surface area contributed by atoms with Gasteiger partial charge in [-0.1, -0.05) is 24.3 Å². The van der Waals surface area contributed by atoms with Crippen LogP contribution in [0.15, 0.2) is 78.2 Å². The first-order valence-electron chi connectivity index (χ1n) is 8.07. The van der Waals surface area contributed by atoms with E-state index in [1.165, 1.54) is 6.92 Å². The van der Waals surface area contributed by atoms with Gasteiger partial charge in [-0.2, -0.15) is 5.10 Å². The first-order valence-corrected chi connectivity index (χ1v) is 8.07. The SMILES string of the molecule is CC(=O)Nc1ccc(C=NNC(=O)c2ccccc2-n2cccc2)cc1. The molecule has 3 aromatic rings. The number of hydrogen-bond donors (Lipinski definition) is 2. The van der Waals surface area contributed by atoms with Gasteiger partial charge in [-0.15, -0.1) is 0 Å². The van der Waals surface area contributed by atoms with Crippen molar-refractivity contribution < 1.29 is 9.59 Å². The monoisotopic (exact) mass is 346 g/mol. The maximum atomic E-state index is 12.4. The van der Waals surface area contributed by atoms with Gasteiger partial charge in [-0.25, -0.2) is 5.43 Å². The third kappa shape index (κ3) is 4.24. The summed E-state index contributed by atoms with van der Waals surface area (Å²) < 4.78 is 1.87. The van der Waals surface area contributed by atoms with Gasteiger partial charge in [-0.05, 0) is 42.0 Å². The molecule has 2 amide bonds. The van der Waals surface area contributed by atoms with E-state index in [9.17, 15) is 9.59 Å². The van der Waals surface area contributed by atoms with Gasteiger partial charge in [0.05, 0.1) is 17.5 Å². The number of aromatic nitrogens is 1. The molecule has 130 valence electrons. The van der Waals surface area contributed by atoms with Gasteiger partial charge in [0.25, 0.3) is 5.91 Å². The van der Waals surface area contributed by atoms with Gasteiger partial charge in [0.2, 0.25) is 5.91 Å². The fraction of sp³-hybridized carbons (Fsp3) is 0.0500. The number of benzene rings is 2. The Morgan fingerprint density at radius 3 is 2.35 bits per heavy atom. The Hall–Kier alpha value is -3.67. The maximum absolute atomic E-state index is 12.4. The molecule has 0 radical (unpaired) electrons. The predicted molar refractivity (Wildman–Crippen MR) is 102 cm³/mol. The highest BCUT2D eigenvalue weighted by atomic mass is 16.2. The van der Waals surface area contributed by atoms with E-state index in [1.807, 2.05) is 47.3 Å². The molecule has 0 aliphatic rings. The Morgan fingerprint density at radius 1 is 0.962 bits per heavy atom. The standard InChI is InChI=1S/C20H18N4O2/c1-15(25)22-17-10-8-16(9-11-17)14-21-23-20(26)18-6-2-3-7-19(18)24-12-4-5-13-24/h2-14H,1H3,(H,22,25)(H,23,26). The van der Waals surface area contributed by atoms with Crippen molar-refractivity contribution in [2.75, 3.05) is 5.32 Å². The Labute approximate surface area is 151 Å². The van der Waals surface area contributed by atoms with Crippen LogP contribution in [-0.4, -0.2) is 22.6 Å². The molecule has 0 unspecified atom stereocenters. The molecule has 0 saturated carbocycles. The fourth-order valence-corrected chi connectivity index (χ4v) is 2.47. The number of carbonyl (C=O) groups excluding carboxylic acids is 2. The van der Waals surface area contributed by atoms with Gasteiger partial charge in [0.15, 0.2) is 0 Å². The fourth-order valence-electron chi connectivity index (χ4n) is 2.47. The average molecular weight is 346 g/mol. The molecular weight excluding hydrogens is 328 g/mol. The summed E-state index contributed by atoms with van der Waals surface area (Å²) in [4.78, 5) is 23.4. The number of amides is 2. The lowest BCUT2D eigenvalue weighted by atomic mass is 10.1. The van der Waals surface area contributed by atoms with Crippen molar-refractivity contribution in [3.63, 3.8) is 0 Å². The highest BCUT2D eigenvalue weighted by Crippen LogP contribution is 2.14. The summed E-state index contributed by atoms with van der Waals surface area (Å²) in [5, 5.41) is 6.70. The molecule has 0 atom stereocenters. The van der Waals surface area contributed by atoms with E-state index in [1.54, 1.807) is 36.5 Å². The normalized spacial score (nSPS) is 10.7. The summed E-state index contributed by atoms with van der Waals surface area (Å²) >= 11 is 0. The highest BCUT2D eigenvalue weighted by molar-refractivity contribution is 5.98. The van der Waals surface area contributed by atoms with Crippen LogP contribution in [0.2, 0.25) is 0 Å². The Morgan fingerprint density at radius 2 is 1.65 bits per heavy atom. The van der Waals surface area contributed by atoms with Crippen molar-refractivity contribution in [1.29, 1.82) is 0 Å². The van der Waals surface area contributed by atoms with Crippen LogP contribution in [0.1, 0.15) is 22.8 Å². The molecule has 2 aromatic carbocycles. The molecule has 6 heteroatoms. The van der Waals surface area contributed by atoms with Crippen LogP contribution in [0.5, 0.6) is 0 Å². The molecule has 0 bridgehead atoms. The van der Waals surface area contributed by atoms with E-state index >= 15 is 0 Å². The zero-order valence-corrected chi connectivity index (χ0v) is 14.2. The molecule has 26 heavy (non-hydrogen) atoms. The van der Waals surface area contributed by atoms with Crippen molar-refractivity contribution in [3.05, 3.63) is 84.2 Å². The Bertz CT molecular complexity index is 929. The molecule has 3 rings (SSSR count). The lowest BCUT2D eigenvalue weighted by molar-refractivity contribution is -0.114. The van der Waals surface area contributed by atoms with Gasteiger partial charge >= 0.3 is 0 Å². The molecule has 1 heterocycles. The number of anilines is 1. The van der Waals surface area contributed by atoms with Crippen LogP contribution in [0.3, 0.4) is 0 Å². The van der Waals surface area contributed by atoms with Crippen LogP contribution in [0.25, 0.3) is 5.69 Å². The molecular formula is C20H18N4O2. The molecule has 1 aromatic heterocycles. The lowest BCUT2D eigenvalue weighted by Gasteiger charge is -2.09. The summed E-state index contributed by atoms with van der Waals surface area (Å²) in [6.45, 7) is 1.45. The lowest BCUT2D eigenvalue weighted by Crippen LogP contribution is -2.19. The number of hydrogen-bond acceptors (Lipinski definition) is 3. The molecule has 0 aliphatic carbocycles. The minimum Gasteiger partial charge on any atom is -0.326 e. The van der Waals surface area contributed by atoms with E-state index in [2.05, 4.69) is 15.8 Å². The topological polar surface area (TPSA) is 75.5 Å². The first kappa shape index (κ1) is 17.2. The van der Waals surface area contributed by atoms with Crippen molar-refractivity contribution in [1.82, 2.24) is 9.99 Å². The van der Waals surface area contributed by atoms with E-state index in [0.717, 1.165) is 11.3 Å². The van der Waals surface area contributed by atoms with E-state index in [-0.39, 0.29) is 11.8 Å². The van der Waals surface area contributed by atoms with Crippen molar-refractivity contribution in [3.8, 4) is 5.69 Å². The summed E-state index contributed by atoms with van der Waals surface area (Å²) in [5.41, 5.74) is 5.37. The second-order valence-corrected chi connectivity index (χ2v) is 5.61. The number of hydrazone groups is 1. The van der Waals surface area contributed by atoms with E-state index in [0.29, 0.717) is 11.3 Å². The number of nitrogens with one attached hydrogen (secondary N) is 2. The second kappa shape index (κ2) is 7.94. The first-order chi connectivity index (χ1) is 12.6. The molecule has 6 nitrogen and oxygen atoms in total. The Balaban J connectivity index is 1.68. The third-order valence-corrected chi connectivity index (χ3v) is 3.64. The molecule has 0 fully saturated rings. The van der Waals surface area contributed by atoms with E-state index in [4.69, 9.17) is 0 Å². The van der Waals surface area contributed by atoms with Crippen LogP contribution < -0.4 is 10.7 Å². The maximum Gasteiger partial charge on any atom is 0.273 e. The second-order valence-electron chi connectivity index (χ2n) is 5.61. The quantitative estimate of drug-likeness (QED) is 0.550. The minimum absolute atomic E-state index is 0.125. The van der Waals surface area contributed by atoms with Crippen LogP contribution in [0, 0.1) is 0 Å². The minimum atomic E-state index is -0.291. The molecule has 0 spiro atoms. The number of rotatable bonds is 5. The summed E-state index contributed by atoms with van der Waals surface area (Å²) in [5.74, 6) is -0.416. The van der Waals surface area contributed by atoms with Crippen molar-refractivity contribution in [2.24, 2.45) is 5.10 Å². The van der Waals surface area contributed by atoms with Gasteiger partial charge in [0, 0.05) is 25.0 Å².